The Labute approximate surface area is 101 Å². The Morgan fingerprint density at radius 2 is 2.06 bits per heavy atom. The zero-order chi connectivity index (χ0) is 12.1. The van der Waals surface area contributed by atoms with E-state index in [-0.39, 0.29) is 17.1 Å². The summed E-state index contributed by atoms with van der Waals surface area (Å²) in [5.41, 5.74) is 1.21. The van der Waals surface area contributed by atoms with E-state index in [9.17, 15) is 4.79 Å². The molecule has 0 saturated heterocycles. The first-order valence-electron chi connectivity index (χ1n) is 5.35. The van der Waals surface area contributed by atoms with Crippen molar-refractivity contribution < 1.29 is 9.53 Å². The molecule has 0 saturated carbocycles. The number of esters is 1. The third-order valence-corrected chi connectivity index (χ3v) is 3.81. The van der Waals surface area contributed by atoms with Gasteiger partial charge in [-0.05, 0) is 25.0 Å². The SMILES string of the molecule is COC(=O)C(Sc1cccc(C)c1)C(C)C. The summed E-state index contributed by atoms with van der Waals surface area (Å²) < 4.78 is 4.82. The van der Waals surface area contributed by atoms with Crippen LogP contribution in [-0.4, -0.2) is 18.3 Å². The molecular formula is C13H18O2S. The summed E-state index contributed by atoms with van der Waals surface area (Å²) in [7, 11) is 1.44. The van der Waals surface area contributed by atoms with Crippen molar-refractivity contribution in [1.29, 1.82) is 0 Å². The van der Waals surface area contributed by atoms with Gasteiger partial charge in [0.1, 0.15) is 5.25 Å². The zero-order valence-electron chi connectivity index (χ0n) is 10.2. The number of benzene rings is 1. The highest BCUT2D eigenvalue weighted by Crippen LogP contribution is 2.29. The highest BCUT2D eigenvalue weighted by Gasteiger charge is 2.24. The molecule has 0 heterocycles. The second-order valence-corrected chi connectivity index (χ2v) is 5.34. The van der Waals surface area contributed by atoms with Crippen LogP contribution in [0.1, 0.15) is 19.4 Å². The number of thioether (sulfide) groups is 1. The summed E-state index contributed by atoms with van der Waals surface area (Å²) in [5, 5.41) is -0.133. The van der Waals surface area contributed by atoms with E-state index in [0.29, 0.717) is 0 Å². The molecule has 0 bridgehead atoms. The van der Waals surface area contributed by atoms with Crippen LogP contribution < -0.4 is 0 Å². The van der Waals surface area contributed by atoms with E-state index in [1.54, 1.807) is 11.8 Å². The van der Waals surface area contributed by atoms with Gasteiger partial charge in [0.15, 0.2) is 0 Å². The van der Waals surface area contributed by atoms with E-state index in [0.717, 1.165) is 4.90 Å². The van der Waals surface area contributed by atoms with Crippen molar-refractivity contribution in [3.8, 4) is 0 Å². The van der Waals surface area contributed by atoms with Gasteiger partial charge in [-0.1, -0.05) is 31.5 Å². The Morgan fingerprint density at radius 3 is 2.56 bits per heavy atom. The minimum atomic E-state index is -0.151. The van der Waals surface area contributed by atoms with Gasteiger partial charge in [0.2, 0.25) is 0 Å². The van der Waals surface area contributed by atoms with E-state index in [4.69, 9.17) is 4.74 Å². The summed E-state index contributed by atoms with van der Waals surface area (Å²) in [5.74, 6) is 0.111. The third-order valence-electron chi connectivity index (χ3n) is 2.29. The van der Waals surface area contributed by atoms with Gasteiger partial charge in [-0.15, -0.1) is 11.8 Å². The van der Waals surface area contributed by atoms with Gasteiger partial charge in [0, 0.05) is 4.90 Å². The second-order valence-electron chi connectivity index (χ2n) is 4.12. The van der Waals surface area contributed by atoms with Crippen LogP contribution >= 0.6 is 11.8 Å². The summed E-state index contributed by atoms with van der Waals surface area (Å²) in [6.07, 6.45) is 0. The monoisotopic (exact) mass is 238 g/mol. The number of hydrogen-bond donors (Lipinski definition) is 0. The fourth-order valence-electron chi connectivity index (χ4n) is 1.41. The van der Waals surface area contributed by atoms with Gasteiger partial charge in [0.05, 0.1) is 7.11 Å². The second kappa shape index (κ2) is 5.94. The van der Waals surface area contributed by atoms with Crippen molar-refractivity contribution in [3.63, 3.8) is 0 Å². The van der Waals surface area contributed by atoms with Crippen molar-refractivity contribution in [2.45, 2.75) is 30.9 Å². The van der Waals surface area contributed by atoms with Crippen molar-refractivity contribution in [1.82, 2.24) is 0 Å². The number of aryl methyl sites for hydroxylation is 1. The van der Waals surface area contributed by atoms with E-state index in [1.165, 1.54) is 12.7 Å². The standard InChI is InChI=1S/C13H18O2S/c1-9(2)12(13(14)15-4)16-11-7-5-6-10(3)8-11/h5-9,12H,1-4H3. The van der Waals surface area contributed by atoms with Gasteiger partial charge in [-0.2, -0.15) is 0 Å². The fourth-order valence-corrected chi connectivity index (χ4v) is 2.58. The van der Waals surface area contributed by atoms with Crippen molar-refractivity contribution in [3.05, 3.63) is 29.8 Å². The van der Waals surface area contributed by atoms with Gasteiger partial charge in [-0.3, -0.25) is 4.79 Å². The Hall–Kier alpha value is -0.960. The Bertz CT molecular complexity index is 361. The van der Waals surface area contributed by atoms with E-state index >= 15 is 0 Å². The number of ether oxygens (including phenoxy) is 1. The van der Waals surface area contributed by atoms with Crippen LogP contribution in [0.3, 0.4) is 0 Å². The molecule has 0 fully saturated rings. The van der Waals surface area contributed by atoms with E-state index in [2.05, 4.69) is 6.07 Å². The van der Waals surface area contributed by atoms with Crippen molar-refractivity contribution in [2.75, 3.05) is 7.11 Å². The zero-order valence-corrected chi connectivity index (χ0v) is 11.0. The minimum Gasteiger partial charge on any atom is -0.468 e. The number of carbonyl (C=O) groups is 1. The largest absolute Gasteiger partial charge is 0.468 e. The van der Waals surface area contributed by atoms with Crippen molar-refractivity contribution >= 4 is 17.7 Å². The Kier molecular flexibility index (Phi) is 4.87. The first-order valence-corrected chi connectivity index (χ1v) is 6.23. The normalized spacial score (nSPS) is 12.6. The van der Waals surface area contributed by atoms with Crippen LogP contribution in [-0.2, 0) is 9.53 Å². The molecule has 16 heavy (non-hydrogen) atoms. The predicted molar refractivity (Wildman–Crippen MR) is 67.7 cm³/mol. The molecule has 3 heteroatoms. The first-order chi connectivity index (χ1) is 7.54. The average Bonchev–Trinajstić information content (AvgIpc) is 2.24. The molecule has 0 amide bonds. The van der Waals surface area contributed by atoms with Crippen LogP contribution in [0.25, 0.3) is 0 Å². The lowest BCUT2D eigenvalue weighted by molar-refractivity contribution is -0.140. The Balaban J connectivity index is 2.79. The van der Waals surface area contributed by atoms with Crippen LogP contribution in [0.2, 0.25) is 0 Å². The number of methoxy groups -OCH3 is 1. The third kappa shape index (κ3) is 3.56. The topological polar surface area (TPSA) is 26.3 Å². The number of carbonyl (C=O) groups excluding carboxylic acids is 1. The molecule has 0 aromatic heterocycles. The molecule has 1 atom stereocenters. The summed E-state index contributed by atoms with van der Waals surface area (Å²) >= 11 is 1.57. The lowest BCUT2D eigenvalue weighted by atomic mass is 10.1. The lowest BCUT2D eigenvalue weighted by Gasteiger charge is -2.17. The van der Waals surface area contributed by atoms with Crippen LogP contribution in [0.5, 0.6) is 0 Å². The summed E-state index contributed by atoms with van der Waals surface area (Å²) in [6.45, 7) is 6.11. The van der Waals surface area contributed by atoms with Crippen LogP contribution in [0, 0.1) is 12.8 Å². The van der Waals surface area contributed by atoms with Gasteiger partial charge in [-0.25, -0.2) is 0 Å². The molecule has 2 nitrogen and oxygen atoms in total. The van der Waals surface area contributed by atoms with Gasteiger partial charge in [0.25, 0.3) is 0 Å². The summed E-state index contributed by atoms with van der Waals surface area (Å²) in [4.78, 5) is 12.7. The highest BCUT2D eigenvalue weighted by molar-refractivity contribution is 8.00. The smallest absolute Gasteiger partial charge is 0.319 e. The minimum absolute atomic E-state index is 0.133. The molecule has 0 aliphatic heterocycles. The molecular weight excluding hydrogens is 220 g/mol. The quantitative estimate of drug-likeness (QED) is 0.595. The van der Waals surface area contributed by atoms with Crippen molar-refractivity contribution in [2.24, 2.45) is 5.92 Å². The molecule has 88 valence electrons. The highest BCUT2D eigenvalue weighted by atomic mass is 32.2. The maximum Gasteiger partial charge on any atom is 0.319 e. The van der Waals surface area contributed by atoms with Crippen LogP contribution in [0.4, 0.5) is 0 Å². The Morgan fingerprint density at radius 1 is 1.38 bits per heavy atom. The molecule has 0 radical (unpaired) electrons. The molecule has 0 aliphatic carbocycles. The van der Waals surface area contributed by atoms with E-state index in [1.807, 2.05) is 39.0 Å². The fraction of sp³-hybridized carbons (Fsp3) is 0.462. The first kappa shape index (κ1) is 13.1. The molecule has 0 aliphatic rings. The maximum absolute atomic E-state index is 11.6. The number of rotatable bonds is 4. The average molecular weight is 238 g/mol. The molecule has 1 aromatic carbocycles. The van der Waals surface area contributed by atoms with Gasteiger partial charge < -0.3 is 4.74 Å². The lowest BCUT2D eigenvalue weighted by Crippen LogP contribution is -2.24. The molecule has 1 aromatic rings. The van der Waals surface area contributed by atoms with Gasteiger partial charge >= 0.3 is 5.97 Å². The summed E-state index contributed by atoms with van der Waals surface area (Å²) in [6, 6.07) is 8.16. The predicted octanol–water partition coefficient (Wildman–Crippen LogP) is 3.28. The molecule has 1 rings (SSSR count). The maximum atomic E-state index is 11.6. The molecule has 1 unspecified atom stereocenters. The van der Waals surface area contributed by atoms with E-state index < -0.39 is 0 Å². The number of hydrogen-bond acceptors (Lipinski definition) is 3. The molecule has 0 N–H and O–H groups in total. The van der Waals surface area contributed by atoms with Crippen LogP contribution in [0.15, 0.2) is 29.2 Å². The molecule has 0 spiro atoms.